The molecule has 23 heavy (non-hydrogen) atoms. The molecule has 0 aliphatic rings. The molecule has 2 heterocycles. The van der Waals surface area contributed by atoms with Crippen molar-refractivity contribution >= 4 is 22.4 Å². The molecule has 0 bridgehead atoms. The number of pyridine rings is 1. The number of hydrogen-bond donors (Lipinski definition) is 1. The standard InChI is InChI=1S/C17H15N3O2S/c1-22-15-8-7-13(10-18-15)16(21)20-17-19-11-14(23-17)9-12-5-3-2-4-6-12/h2-8,10-11H,9H2,1H3,(H,19,20,21). The summed E-state index contributed by atoms with van der Waals surface area (Å²) in [5.41, 5.74) is 1.68. The van der Waals surface area contributed by atoms with E-state index in [1.54, 1.807) is 18.3 Å². The van der Waals surface area contributed by atoms with E-state index in [1.165, 1.54) is 30.2 Å². The Hall–Kier alpha value is -2.73. The quantitative estimate of drug-likeness (QED) is 0.781. The van der Waals surface area contributed by atoms with Gasteiger partial charge in [0.1, 0.15) is 0 Å². The summed E-state index contributed by atoms with van der Waals surface area (Å²) in [5, 5.41) is 3.37. The van der Waals surface area contributed by atoms with Crippen LogP contribution in [0.2, 0.25) is 0 Å². The molecule has 0 aliphatic heterocycles. The van der Waals surface area contributed by atoms with Gasteiger partial charge in [-0.2, -0.15) is 0 Å². The Morgan fingerprint density at radius 1 is 1.13 bits per heavy atom. The molecule has 6 heteroatoms. The monoisotopic (exact) mass is 325 g/mol. The fourth-order valence-electron chi connectivity index (χ4n) is 2.05. The van der Waals surface area contributed by atoms with Gasteiger partial charge in [-0.25, -0.2) is 9.97 Å². The molecular weight excluding hydrogens is 310 g/mol. The van der Waals surface area contributed by atoms with Gasteiger partial charge >= 0.3 is 0 Å². The lowest BCUT2D eigenvalue weighted by atomic mass is 10.1. The normalized spacial score (nSPS) is 10.3. The Balaban J connectivity index is 1.65. The molecule has 5 nitrogen and oxygen atoms in total. The number of rotatable bonds is 5. The second kappa shape index (κ2) is 7.02. The van der Waals surface area contributed by atoms with Gasteiger partial charge in [0.15, 0.2) is 5.13 Å². The van der Waals surface area contributed by atoms with Crippen LogP contribution in [0.5, 0.6) is 5.88 Å². The summed E-state index contributed by atoms with van der Waals surface area (Å²) in [6.07, 6.45) is 4.07. The van der Waals surface area contributed by atoms with Crippen LogP contribution in [0.1, 0.15) is 20.8 Å². The highest BCUT2D eigenvalue weighted by Crippen LogP contribution is 2.21. The van der Waals surface area contributed by atoms with E-state index in [9.17, 15) is 4.79 Å². The fourth-order valence-corrected chi connectivity index (χ4v) is 2.89. The molecule has 0 aliphatic carbocycles. The highest BCUT2D eigenvalue weighted by Gasteiger charge is 2.10. The van der Waals surface area contributed by atoms with Crippen molar-refractivity contribution in [2.45, 2.75) is 6.42 Å². The number of thiazole rings is 1. The van der Waals surface area contributed by atoms with E-state index in [0.717, 1.165) is 11.3 Å². The van der Waals surface area contributed by atoms with Crippen LogP contribution in [-0.4, -0.2) is 23.0 Å². The van der Waals surface area contributed by atoms with Crippen LogP contribution in [0.15, 0.2) is 54.9 Å². The molecule has 1 amide bonds. The first kappa shape index (κ1) is 15.2. The van der Waals surface area contributed by atoms with Crippen LogP contribution in [-0.2, 0) is 6.42 Å². The number of amides is 1. The van der Waals surface area contributed by atoms with Crippen LogP contribution in [0.4, 0.5) is 5.13 Å². The summed E-state index contributed by atoms with van der Waals surface area (Å²) in [5.74, 6) is 0.238. The summed E-state index contributed by atoms with van der Waals surface area (Å²) >= 11 is 1.47. The van der Waals surface area contributed by atoms with Gasteiger partial charge in [0.2, 0.25) is 5.88 Å². The molecule has 1 N–H and O–H groups in total. The first-order chi connectivity index (χ1) is 11.2. The molecule has 0 atom stereocenters. The number of anilines is 1. The third-order valence-corrected chi connectivity index (χ3v) is 4.12. The van der Waals surface area contributed by atoms with Gasteiger partial charge in [0.05, 0.1) is 12.7 Å². The van der Waals surface area contributed by atoms with Crippen LogP contribution < -0.4 is 10.1 Å². The fraction of sp³-hybridized carbons (Fsp3) is 0.118. The van der Waals surface area contributed by atoms with Gasteiger partial charge in [0, 0.05) is 29.8 Å². The van der Waals surface area contributed by atoms with Gasteiger partial charge in [-0.3, -0.25) is 10.1 Å². The van der Waals surface area contributed by atoms with Gasteiger partial charge in [-0.1, -0.05) is 30.3 Å². The van der Waals surface area contributed by atoms with Crippen LogP contribution in [0, 0.1) is 0 Å². The highest BCUT2D eigenvalue weighted by molar-refractivity contribution is 7.15. The minimum atomic E-state index is -0.235. The number of carbonyl (C=O) groups excluding carboxylic acids is 1. The van der Waals surface area contributed by atoms with E-state index in [0.29, 0.717) is 16.6 Å². The van der Waals surface area contributed by atoms with Gasteiger partial charge < -0.3 is 4.74 Å². The molecule has 0 spiro atoms. The van der Waals surface area contributed by atoms with Crippen molar-refractivity contribution in [3.05, 3.63) is 70.9 Å². The summed E-state index contributed by atoms with van der Waals surface area (Å²) in [6.45, 7) is 0. The number of nitrogens with zero attached hydrogens (tertiary/aromatic N) is 2. The van der Waals surface area contributed by atoms with Crippen molar-refractivity contribution in [3.8, 4) is 5.88 Å². The number of aromatic nitrogens is 2. The van der Waals surface area contributed by atoms with Gasteiger partial charge in [-0.05, 0) is 11.6 Å². The van der Waals surface area contributed by atoms with Crippen molar-refractivity contribution in [2.24, 2.45) is 0 Å². The number of methoxy groups -OCH3 is 1. The lowest BCUT2D eigenvalue weighted by molar-refractivity contribution is 0.102. The number of ether oxygens (including phenoxy) is 1. The number of nitrogens with one attached hydrogen (secondary N) is 1. The molecule has 2 aromatic heterocycles. The van der Waals surface area contributed by atoms with Crippen molar-refractivity contribution < 1.29 is 9.53 Å². The van der Waals surface area contributed by atoms with Gasteiger partial charge in [0.25, 0.3) is 5.91 Å². The predicted molar refractivity (Wildman–Crippen MR) is 90.1 cm³/mol. The average molecular weight is 325 g/mol. The van der Waals surface area contributed by atoms with Crippen molar-refractivity contribution in [1.82, 2.24) is 9.97 Å². The predicted octanol–water partition coefficient (Wildman–Crippen LogP) is 3.39. The van der Waals surface area contributed by atoms with E-state index < -0.39 is 0 Å². The Kier molecular flexibility index (Phi) is 4.63. The van der Waals surface area contributed by atoms with E-state index in [1.807, 2.05) is 18.2 Å². The van der Waals surface area contributed by atoms with Crippen molar-refractivity contribution in [2.75, 3.05) is 12.4 Å². The summed E-state index contributed by atoms with van der Waals surface area (Å²) in [7, 11) is 1.53. The third kappa shape index (κ3) is 3.92. The summed E-state index contributed by atoms with van der Waals surface area (Å²) in [4.78, 5) is 21.5. The molecule has 0 saturated heterocycles. The van der Waals surface area contributed by atoms with Crippen LogP contribution >= 0.6 is 11.3 Å². The molecular formula is C17H15N3O2S. The lowest BCUT2D eigenvalue weighted by Gasteiger charge is -2.02. The number of carbonyl (C=O) groups is 1. The lowest BCUT2D eigenvalue weighted by Crippen LogP contribution is -2.11. The van der Waals surface area contributed by atoms with E-state index >= 15 is 0 Å². The topological polar surface area (TPSA) is 64.1 Å². The molecule has 0 unspecified atom stereocenters. The molecule has 0 saturated carbocycles. The van der Waals surface area contributed by atoms with Crippen LogP contribution in [0.3, 0.4) is 0 Å². The average Bonchev–Trinajstić information content (AvgIpc) is 3.02. The second-order valence-corrected chi connectivity index (χ2v) is 5.95. The molecule has 1 aromatic carbocycles. The zero-order valence-corrected chi connectivity index (χ0v) is 13.3. The summed E-state index contributed by atoms with van der Waals surface area (Å²) < 4.78 is 4.97. The molecule has 116 valence electrons. The molecule has 3 rings (SSSR count). The third-order valence-electron chi connectivity index (χ3n) is 3.20. The summed E-state index contributed by atoms with van der Waals surface area (Å²) in [6, 6.07) is 13.5. The van der Waals surface area contributed by atoms with E-state index in [2.05, 4.69) is 27.4 Å². The Morgan fingerprint density at radius 3 is 2.65 bits per heavy atom. The van der Waals surface area contributed by atoms with E-state index in [4.69, 9.17) is 4.74 Å². The zero-order chi connectivity index (χ0) is 16.1. The SMILES string of the molecule is COc1ccc(C(=O)Nc2ncc(Cc3ccccc3)s2)cn1. The Bertz CT molecular complexity index is 785. The molecule has 0 radical (unpaired) electrons. The zero-order valence-electron chi connectivity index (χ0n) is 12.5. The number of hydrogen-bond acceptors (Lipinski definition) is 5. The van der Waals surface area contributed by atoms with E-state index in [-0.39, 0.29) is 5.91 Å². The highest BCUT2D eigenvalue weighted by atomic mass is 32.1. The Morgan fingerprint density at radius 2 is 1.96 bits per heavy atom. The smallest absolute Gasteiger partial charge is 0.259 e. The first-order valence-electron chi connectivity index (χ1n) is 7.04. The maximum absolute atomic E-state index is 12.2. The first-order valence-corrected chi connectivity index (χ1v) is 7.86. The molecule has 0 fully saturated rings. The number of benzene rings is 1. The molecule has 3 aromatic rings. The second-order valence-electron chi connectivity index (χ2n) is 4.84. The van der Waals surface area contributed by atoms with Crippen molar-refractivity contribution in [3.63, 3.8) is 0 Å². The minimum absolute atomic E-state index is 0.235. The van der Waals surface area contributed by atoms with Gasteiger partial charge in [-0.15, -0.1) is 11.3 Å². The Labute approximate surface area is 138 Å². The van der Waals surface area contributed by atoms with Crippen LogP contribution in [0.25, 0.3) is 0 Å². The largest absolute Gasteiger partial charge is 0.481 e. The van der Waals surface area contributed by atoms with Crippen molar-refractivity contribution in [1.29, 1.82) is 0 Å². The maximum atomic E-state index is 12.2. The minimum Gasteiger partial charge on any atom is -0.481 e. The maximum Gasteiger partial charge on any atom is 0.259 e.